The van der Waals surface area contributed by atoms with E-state index in [1.165, 1.54) is 0 Å². The molecule has 152 valence electrons. The van der Waals surface area contributed by atoms with E-state index in [9.17, 15) is 4.79 Å². The number of fused-ring (bicyclic) bond motifs is 1. The molecule has 0 aliphatic heterocycles. The van der Waals surface area contributed by atoms with Crippen LogP contribution >= 0.6 is 11.3 Å². The van der Waals surface area contributed by atoms with Crippen LogP contribution in [0.5, 0.6) is 5.75 Å². The fourth-order valence-electron chi connectivity index (χ4n) is 3.17. The van der Waals surface area contributed by atoms with Crippen molar-refractivity contribution in [3.8, 4) is 16.3 Å². The molecule has 1 aromatic heterocycles. The minimum atomic E-state index is -0.158. The van der Waals surface area contributed by atoms with Crippen LogP contribution in [0.2, 0.25) is 0 Å². The van der Waals surface area contributed by atoms with Crippen molar-refractivity contribution >= 4 is 33.1 Å². The van der Waals surface area contributed by atoms with Crippen molar-refractivity contribution in [2.75, 3.05) is 11.9 Å². The van der Waals surface area contributed by atoms with Crippen LogP contribution < -0.4 is 10.1 Å². The van der Waals surface area contributed by atoms with E-state index in [-0.39, 0.29) is 5.91 Å². The topological polar surface area (TPSA) is 51.2 Å². The molecule has 0 saturated heterocycles. The number of amides is 1. The van der Waals surface area contributed by atoms with E-state index >= 15 is 0 Å². The van der Waals surface area contributed by atoms with Crippen molar-refractivity contribution in [3.05, 3.63) is 77.9 Å². The quantitative estimate of drug-likeness (QED) is 0.387. The first-order chi connectivity index (χ1) is 14.5. The van der Waals surface area contributed by atoms with Crippen molar-refractivity contribution in [2.24, 2.45) is 5.92 Å². The summed E-state index contributed by atoms with van der Waals surface area (Å²) in [6.07, 6.45) is 0. The van der Waals surface area contributed by atoms with Gasteiger partial charge in [-0.15, -0.1) is 11.3 Å². The fourth-order valence-corrected chi connectivity index (χ4v) is 4.22. The Kier molecular flexibility index (Phi) is 5.81. The van der Waals surface area contributed by atoms with Gasteiger partial charge in [-0.1, -0.05) is 44.2 Å². The minimum Gasteiger partial charge on any atom is -0.493 e. The third-order valence-corrected chi connectivity index (χ3v) is 5.86. The van der Waals surface area contributed by atoms with Gasteiger partial charge in [-0.25, -0.2) is 4.98 Å². The minimum absolute atomic E-state index is 0.158. The maximum atomic E-state index is 12.9. The van der Waals surface area contributed by atoms with Crippen LogP contribution in [0, 0.1) is 12.8 Å². The van der Waals surface area contributed by atoms with Crippen molar-refractivity contribution in [1.82, 2.24) is 4.98 Å². The van der Waals surface area contributed by atoms with Gasteiger partial charge >= 0.3 is 0 Å². The van der Waals surface area contributed by atoms with E-state index in [4.69, 9.17) is 9.72 Å². The Hall–Kier alpha value is -3.18. The summed E-state index contributed by atoms with van der Waals surface area (Å²) < 4.78 is 6.90. The Balaban J connectivity index is 1.57. The SMILES string of the molecule is Cc1c(NC(=O)c2cccc(OCC(C)C)c2)cccc1-c1nc2ccccc2s1. The van der Waals surface area contributed by atoms with Gasteiger partial charge in [-0.05, 0) is 54.8 Å². The van der Waals surface area contributed by atoms with Gasteiger partial charge in [-0.2, -0.15) is 0 Å². The standard InChI is InChI=1S/C25H24N2O2S/c1-16(2)15-29-19-9-6-8-18(14-19)24(28)26-21-12-7-10-20(17(21)3)25-27-22-11-4-5-13-23(22)30-25/h4-14,16H,15H2,1-3H3,(H,26,28). The Morgan fingerprint density at radius 1 is 1.07 bits per heavy atom. The number of benzene rings is 3. The molecule has 0 unspecified atom stereocenters. The van der Waals surface area contributed by atoms with E-state index in [0.29, 0.717) is 23.8 Å². The summed E-state index contributed by atoms with van der Waals surface area (Å²) >= 11 is 1.66. The molecule has 30 heavy (non-hydrogen) atoms. The molecule has 0 bridgehead atoms. The number of carbonyl (C=O) groups excluding carboxylic acids is 1. The Labute approximate surface area is 180 Å². The van der Waals surface area contributed by atoms with Crippen molar-refractivity contribution in [3.63, 3.8) is 0 Å². The first-order valence-electron chi connectivity index (χ1n) is 10.0. The second kappa shape index (κ2) is 8.67. The van der Waals surface area contributed by atoms with Gasteiger partial charge in [0.1, 0.15) is 10.8 Å². The second-order valence-electron chi connectivity index (χ2n) is 7.65. The lowest BCUT2D eigenvalue weighted by molar-refractivity contribution is 0.102. The molecule has 0 atom stereocenters. The first-order valence-corrected chi connectivity index (χ1v) is 10.8. The maximum absolute atomic E-state index is 12.9. The average Bonchev–Trinajstić information content (AvgIpc) is 3.18. The highest BCUT2D eigenvalue weighted by molar-refractivity contribution is 7.21. The van der Waals surface area contributed by atoms with Crippen molar-refractivity contribution < 1.29 is 9.53 Å². The summed E-state index contributed by atoms with van der Waals surface area (Å²) in [5.74, 6) is 0.973. The number of hydrogen-bond donors (Lipinski definition) is 1. The second-order valence-corrected chi connectivity index (χ2v) is 8.68. The Morgan fingerprint density at radius 2 is 1.87 bits per heavy atom. The number of nitrogens with one attached hydrogen (secondary N) is 1. The van der Waals surface area contributed by atoms with E-state index in [1.54, 1.807) is 23.5 Å². The van der Waals surface area contributed by atoms with E-state index < -0.39 is 0 Å². The zero-order chi connectivity index (χ0) is 21.1. The fraction of sp³-hybridized carbons (Fsp3) is 0.200. The highest BCUT2D eigenvalue weighted by Crippen LogP contribution is 2.34. The molecule has 3 aromatic carbocycles. The van der Waals surface area contributed by atoms with Gasteiger partial charge in [0.15, 0.2) is 0 Å². The molecule has 0 radical (unpaired) electrons. The number of anilines is 1. The molecule has 4 rings (SSSR count). The number of hydrogen-bond acceptors (Lipinski definition) is 4. The third-order valence-electron chi connectivity index (χ3n) is 4.79. The van der Waals surface area contributed by atoms with Gasteiger partial charge in [0.05, 0.1) is 16.8 Å². The Bertz CT molecular complexity index is 1160. The largest absolute Gasteiger partial charge is 0.493 e. The molecular formula is C25H24N2O2S. The zero-order valence-electron chi connectivity index (χ0n) is 17.3. The molecule has 0 saturated carbocycles. The summed E-state index contributed by atoms with van der Waals surface area (Å²) in [5, 5.41) is 4.00. The average molecular weight is 417 g/mol. The number of para-hydroxylation sites is 1. The molecule has 0 aliphatic rings. The highest BCUT2D eigenvalue weighted by atomic mass is 32.1. The maximum Gasteiger partial charge on any atom is 0.255 e. The molecule has 0 spiro atoms. The number of ether oxygens (including phenoxy) is 1. The van der Waals surface area contributed by atoms with Crippen LogP contribution in [0.3, 0.4) is 0 Å². The van der Waals surface area contributed by atoms with Gasteiger partial charge in [0, 0.05) is 16.8 Å². The van der Waals surface area contributed by atoms with E-state index in [0.717, 1.165) is 32.0 Å². The van der Waals surface area contributed by atoms with Crippen LogP contribution in [-0.2, 0) is 0 Å². The molecule has 1 N–H and O–H groups in total. The van der Waals surface area contributed by atoms with Gasteiger partial charge in [0.25, 0.3) is 5.91 Å². The van der Waals surface area contributed by atoms with Crippen LogP contribution in [0.25, 0.3) is 20.8 Å². The number of rotatable bonds is 6. The van der Waals surface area contributed by atoms with Crippen LogP contribution in [0.4, 0.5) is 5.69 Å². The molecule has 4 aromatic rings. The lowest BCUT2D eigenvalue weighted by atomic mass is 10.1. The van der Waals surface area contributed by atoms with Crippen LogP contribution in [0.1, 0.15) is 29.8 Å². The summed E-state index contributed by atoms with van der Waals surface area (Å²) in [6.45, 7) is 6.82. The summed E-state index contributed by atoms with van der Waals surface area (Å²) in [7, 11) is 0. The van der Waals surface area contributed by atoms with Gasteiger partial charge < -0.3 is 10.1 Å². The molecule has 1 heterocycles. The van der Waals surface area contributed by atoms with E-state index in [2.05, 4.69) is 25.2 Å². The number of thiazole rings is 1. The smallest absolute Gasteiger partial charge is 0.255 e. The third kappa shape index (κ3) is 4.36. The predicted octanol–water partition coefficient (Wildman–Crippen LogP) is 6.56. The van der Waals surface area contributed by atoms with E-state index in [1.807, 2.05) is 55.5 Å². The Morgan fingerprint density at radius 3 is 2.67 bits per heavy atom. The molecule has 5 heteroatoms. The monoisotopic (exact) mass is 416 g/mol. The number of carbonyl (C=O) groups is 1. The molecular weight excluding hydrogens is 392 g/mol. The summed E-state index contributed by atoms with van der Waals surface area (Å²) in [5.41, 5.74) is 4.37. The van der Waals surface area contributed by atoms with Gasteiger partial charge in [0.2, 0.25) is 0 Å². The number of aromatic nitrogens is 1. The van der Waals surface area contributed by atoms with Crippen molar-refractivity contribution in [2.45, 2.75) is 20.8 Å². The van der Waals surface area contributed by atoms with Crippen LogP contribution in [-0.4, -0.2) is 17.5 Å². The van der Waals surface area contributed by atoms with Crippen LogP contribution in [0.15, 0.2) is 66.7 Å². The summed E-state index contributed by atoms with van der Waals surface area (Å²) in [6, 6.07) is 21.3. The van der Waals surface area contributed by atoms with Crippen molar-refractivity contribution in [1.29, 1.82) is 0 Å². The zero-order valence-corrected chi connectivity index (χ0v) is 18.1. The predicted molar refractivity (Wildman–Crippen MR) is 125 cm³/mol. The highest BCUT2D eigenvalue weighted by Gasteiger charge is 2.14. The van der Waals surface area contributed by atoms with Gasteiger partial charge in [-0.3, -0.25) is 4.79 Å². The molecule has 1 amide bonds. The lowest BCUT2D eigenvalue weighted by Crippen LogP contribution is -2.13. The molecule has 0 fully saturated rings. The normalized spacial score (nSPS) is 11.1. The molecule has 0 aliphatic carbocycles. The molecule has 4 nitrogen and oxygen atoms in total. The number of nitrogens with zero attached hydrogens (tertiary/aromatic N) is 1. The first kappa shape index (κ1) is 20.1. The summed E-state index contributed by atoms with van der Waals surface area (Å²) in [4.78, 5) is 17.6. The lowest BCUT2D eigenvalue weighted by Gasteiger charge is -2.13.